The standard InChI is InChI=1S/C38H46N2O6S/c1-6-12-29-32(19-16-27-17-20-34(37(41)43-5)46-35(27)29)44-22-11-23-45-33-21-18-28(36(42-4)30(33)13-7-2)31-24-39-38(40-31)47-25(3)26-14-9-8-10-15-26/h8-10,14-16,18-19,21,24-25,34H,6-7,11-13,17,20,22-23H2,1-5H3,(H,39,40). The highest BCUT2D eigenvalue weighted by molar-refractivity contribution is 7.99. The summed E-state index contributed by atoms with van der Waals surface area (Å²) in [5.74, 6) is 2.84. The molecular formula is C38H46N2O6S. The Labute approximate surface area is 282 Å². The molecule has 5 rings (SSSR count). The number of rotatable bonds is 16. The monoisotopic (exact) mass is 658 g/mol. The van der Waals surface area contributed by atoms with E-state index in [4.69, 9.17) is 28.7 Å². The molecular weight excluding hydrogens is 612 g/mol. The van der Waals surface area contributed by atoms with Gasteiger partial charge in [-0.15, -0.1) is 0 Å². The van der Waals surface area contributed by atoms with Crippen molar-refractivity contribution in [1.82, 2.24) is 9.97 Å². The molecule has 0 saturated heterocycles. The number of carbonyl (C=O) groups is 1. The van der Waals surface area contributed by atoms with Gasteiger partial charge in [0.05, 0.1) is 33.1 Å². The second-order valence-corrected chi connectivity index (χ2v) is 13.0. The molecule has 0 radical (unpaired) electrons. The first-order chi connectivity index (χ1) is 23.0. The number of benzene rings is 3. The van der Waals surface area contributed by atoms with Gasteiger partial charge in [0.2, 0.25) is 0 Å². The highest BCUT2D eigenvalue weighted by Gasteiger charge is 2.29. The van der Waals surface area contributed by atoms with Crippen LogP contribution in [0.15, 0.2) is 66.0 Å². The first kappa shape index (κ1) is 34.2. The molecule has 1 N–H and O–H groups in total. The van der Waals surface area contributed by atoms with Gasteiger partial charge in [-0.1, -0.05) is 74.8 Å². The molecule has 9 heteroatoms. The van der Waals surface area contributed by atoms with Gasteiger partial charge in [-0.05, 0) is 61.9 Å². The third-order valence-electron chi connectivity index (χ3n) is 8.31. The number of thioether (sulfide) groups is 1. The molecule has 2 atom stereocenters. The second-order valence-electron chi connectivity index (χ2n) is 11.6. The van der Waals surface area contributed by atoms with E-state index < -0.39 is 6.10 Å². The van der Waals surface area contributed by atoms with Crippen LogP contribution in [0.1, 0.15) is 74.0 Å². The van der Waals surface area contributed by atoms with E-state index in [9.17, 15) is 4.79 Å². The van der Waals surface area contributed by atoms with E-state index in [1.807, 2.05) is 36.5 Å². The Morgan fingerprint density at radius 3 is 2.38 bits per heavy atom. The molecule has 2 unspecified atom stereocenters. The van der Waals surface area contributed by atoms with Gasteiger partial charge in [-0.2, -0.15) is 0 Å². The largest absolute Gasteiger partial charge is 0.496 e. The molecule has 3 aromatic carbocycles. The number of imidazole rings is 1. The quantitative estimate of drug-likeness (QED) is 0.0728. The predicted molar refractivity (Wildman–Crippen MR) is 186 cm³/mol. The molecule has 0 fully saturated rings. The van der Waals surface area contributed by atoms with Gasteiger partial charge in [0.25, 0.3) is 0 Å². The van der Waals surface area contributed by atoms with Crippen molar-refractivity contribution in [3.05, 3.63) is 83.0 Å². The van der Waals surface area contributed by atoms with Crippen LogP contribution < -0.4 is 18.9 Å². The Morgan fingerprint density at radius 1 is 0.979 bits per heavy atom. The molecule has 0 amide bonds. The van der Waals surface area contributed by atoms with E-state index >= 15 is 0 Å². The maximum atomic E-state index is 12.2. The normalized spacial score (nSPS) is 14.5. The zero-order valence-corrected chi connectivity index (χ0v) is 28.9. The number of nitrogens with one attached hydrogen (secondary N) is 1. The van der Waals surface area contributed by atoms with Crippen LogP contribution in [0, 0.1) is 0 Å². The lowest BCUT2D eigenvalue weighted by molar-refractivity contribution is -0.149. The number of aryl methyl sites for hydroxylation is 1. The van der Waals surface area contributed by atoms with Crippen molar-refractivity contribution in [2.45, 2.75) is 82.2 Å². The Kier molecular flexibility index (Phi) is 12.1. The van der Waals surface area contributed by atoms with Gasteiger partial charge in [0, 0.05) is 34.6 Å². The van der Waals surface area contributed by atoms with Crippen molar-refractivity contribution in [2.75, 3.05) is 27.4 Å². The van der Waals surface area contributed by atoms with Crippen LogP contribution in [0.3, 0.4) is 0 Å². The average Bonchev–Trinajstić information content (AvgIpc) is 3.57. The summed E-state index contributed by atoms with van der Waals surface area (Å²) < 4.78 is 29.6. The Morgan fingerprint density at radius 2 is 1.68 bits per heavy atom. The third-order valence-corrected chi connectivity index (χ3v) is 9.37. The molecule has 1 aliphatic rings. The Hall–Kier alpha value is -4.11. The topological polar surface area (TPSA) is 91.9 Å². The summed E-state index contributed by atoms with van der Waals surface area (Å²) in [5.41, 5.74) is 6.21. The van der Waals surface area contributed by atoms with Crippen molar-refractivity contribution in [1.29, 1.82) is 0 Å². The van der Waals surface area contributed by atoms with Gasteiger partial charge in [0.15, 0.2) is 11.3 Å². The van der Waals surface area contributed by atoms with Crippen LogP contribution in [-0.4, -0.2) is 49.5 Å². The van der Waals surface area contributed by atoms with Crippen molar-refractivity contribution >= 4 is 17.7 Å². The molecule has 250 valence electrons. The van der Waals surface area contributed by atoms with E-state index in [1.54, 1.807) is 18.9 Å². The maximum Gasteiger partial charge on any atom is 0.347 e. The summed E-state index contributed by atoms with van der Waals surface area (Å²) in [6.07, 6.45) is 6.96. The van der Waals surface area contributed by atoms with Gasteiger partial charge in [-0.3, -0.25) is 0 Å². The van der Waals surface area contributed by atoms with Gasteiger partial charge in [-0.25, -0.2) is 9.78 Å². The highest BCUT2D eigenvalue weighted by atomic mass is 32.2. The highest BCUT2D eigenvalue weighted by Crippen LogP contribution is 2.41. The van der Waals surface area contributed by atoms with Crippen LogP contribution >= 0.6 is 11.8 Å². The fourth-order valence-electron chi connectivity index (χ4n) is 5.96. The second kappa shape index (κ2) is 16.6. The van der Waals surface area contributed by atoms with E-state index in [1.165, 1.54) is 12.7 Å². The number of fused-ring (bicyclic) bond motifs is 1. The van der Waals surface area contributed by atoms with Crippen molar-refractivity contribution in [3.63, 3.8) is 0 Å². The molecule has 1 aromatic heterocycles. The fourth-order valence-corrected chi connectivity index (χ4v) is 6.87. The minimum Gasteiger partial charge on any atom is -0.496 e. The van der Waals surface area contributed by atoms with E-state index in [0.717, 1.165) is 88.2 Å². The predicted octanol–water partition coefficient (Wildman–Crippen LogP) is 8.56. The summed E-state index contributed by atoms with van der Waals surface area (Å²) in [7, 11) is 3.10. The zero-order valence-electron chi connectivity index (χ0n) is 28.1. The first-order valence-electron chi connectivity index (χ1n) is 16.6. The molecule has 0 saturated carbocycles. The molecule has 1 aliphatic heterocycles. The number of nitrogens with zero attached hydrogens (tertiary/aromatic N) is 1. The minimum absolute atomic E-state index is 0.269. The summed E-state index contributed by atoms with van der Waals surface area (Å²) in [4.78, 5) is 20.4. The number of aromatic amines is 1. The fraction of sp³-hybridized carbons (Fsp3) is 0.421. The van der Waals surface area contributed by atoms with Crippen LogP contribution in [0.2, 0.25) is 0 Å². The Balaban J connectivity index is 1.23. The molecule has 47 heavy (non-hydrogen) atoms. The number of hydrogen-bond acceptors (Lipinski definition) is 8. The summed E-state index contributed by atoms with van der Waals surface area (Å²) in [5, 5.41) is 1.14. The van der Waals surface area contributed by atoms with E-state index in [2.05, 4.69) is 50.0 Å². The van der Waals surface area contributed by atoms with Crippen LogP contribution in [0.4, 0.5) is 0 Å². The number of carbonyl (C=O) groups excluding carboxylic acids is 1. The summed E-state index contributed by atoms with van der Waals surface area (Å²) >= 11 is 1.70. The smallest absolute Gasteiger partial charge is 0.347 e. The number of hydrogen-bond donors (Lipinski definition) is 1. The molecule has 8 nitrogen and oxygen atoms in total. The average molecular weight is 659 g/mol. The summed E-state index contributed by atoms with van der Waals surface area (Å²) in [6, 6.07) is 18.6. The van der Waals surface area contributed by atoms with E-state index in [-0.39, 0.29) is 11.2 Å². The van der Waals surface area contributed by atoms with Crippen LogP contribution in [0.5, 0.6) is 23.0 Å². The first-order valence-corrected chi connectivity index (χ1v) is 17.5. The zero-order chi connectivity index (χ0) is 33.2. The minimum atomic E-state index is -0.579. The lowest BCUT2D eigenvalue weighted by Crippen LogP contribution is -2.32. The number of esters is 1. The van der Waals surface area contributed by atoms with Gasteiger partial charge >= 0.3 is 5.97 Å². The maximum absolute atomic E-state index is 12.2. The lowest BCUT2D eigenvalue weighted by atomic mass is 9.96. The van der Waals surface area contributed by atoms with Crippen molar-refractivity contribution in [3.8, 4) is 34.3 Å². The van der Waals surface area contributed by atoms with Crippen LogP contribution in [0.25, 0.3) is 11.3 Å². The van der Waals surface area contributed by atoms with Crippen molar-refractivity contribution in [2.24, 2.45) is 0 Å². The number of aromatic nitrogens is 2. The molecule has 2 heterocycles. The molecule has 4 aromatic rings. The molecule has 0 spiro atoms. The Bertz CT molecular complexity index is 1620. The third kappa shape index (κ3) is 8.25. The van der Waals surface area contributed by atoms with Gasteiger partial charge < -0.3 is 28.7 Å². The molecule has 0 bridgehead atoms. The summed E-state index contributed by atoms with van der Waals surface area (Å²) in [6.45, 7) is 7.45. The SMILES string of the molecule is CCCc1c(OCCCOc2ccc(-c3c[nH]c(SC(C)c4ccccc4)n3)c(OC)c2CCC)ccc2c1OC(C(=O)OC)CC2. The van der Waals surface area contributed by atoms with Crippen molar-refractivity contribution < 1.29 is 28.5 Å². The van der Waals surface area contributed by atoms with Crippen LogP contribution in [-0.2, 0) is 28.8 Å². The lowest BCUT2D eigenvalue weighted by Gasteiger charge is -2.27. The number of methoxy groups -OCH3 is 2. The van der Waals surface area contributed by atoms with E-state index in [0.29, 0.717) is 26.1 Å². The van der Waals surface area contributed by atoms with Gasteiger partial charge in [0.1, 0.15) is 23.0 Å². The number of ether oxygens (including phenoxy) is 5. The molecule has 0 aliphatic carbocycles. The number of H-pyrrole nitrogens is 1.